The highest BCUT2D eigenvalue weighted by Crippen LogP contribution is 2.09. The van der Waals surface area contributed by atoms with Crippen LogP contribution < -0.4 is 17.0 Å². The van der Waals surface area contributed by atoms with Crippen LogP contribution in [0.3, 0.4) is 0 Å². The zero-order chi connectivity index (χ0) is 12.7. The molecule has 90 valence electrons. The normalized spacial score (nSPS) is 12.9. The fourth-order valence-electron chi connectivity index (χ4n) is 1.80. The average Bonchev–Trinajstić information content (AvgIpc) is 2.25. The zero-order valence-electron chi connectivity index (χ0n) is 9.48. The van der Waals surface area contributed by atoms with Gasteiger partial charge >= 0.3 is 5.69 Å². The van der Waals surface area contributed by atoms with Gasteiger partial charge in [0.2, 0.25) is 0 Å². The molecule has 0 saturated heterocycles. The van der Waals surface area contributed by atoms with Crippen molar-refractivity contribution in [2.24, 2.45) is 12.8 Å². The van der Waals surface area contributed by atoms with E-state index in [2.05, 4.69) is 0 Å². The maximum atomic E-state index is 13.1. The minimum absolute atomic E-state index is 0.261. The molecule has 5 nitrogen and oxygen atoms in total. The van der Waals surface area contributed by atoms with Crippen LogP contribution >= 0.6 is 0 Å². The summed E-state index contributed by atoms with van der Waals surface area (Å²) in [5.41, 5.74) is 4.79. The van der Waals surface area contributed by atoms with Crippen molar-refractivity contribution in [3.05, 3.63) is 44.9 Å². The molecule has 2 aromatic rings. The average molecular weight is 237 g/mol. The predicted octanol–water partition coefficient (Wildman–Crippen LogP) is 0.316. The maximum Gasteiger partial charge on any atom is 0.332 e. The number of nitrogens with two attached hydrogens (primary N) is 1. The number of benzene rings is 1. The van der Waals surface area contributed by atoms with E-state index >= 15 is 0 Å². The molecule has 0 spiro atoms. The molecule has 0 aliphatic carbocycles. The van der Waals surface area contributed by atoms with Gasteiger partial charge in [0.1, 0.15) is 5.82 Å². The fourth-order valence-corrected chi connectivity index (χ4v) is 1.80. The van der Waals surface area contributed by atoms with Gasteiger partial charge in [0.15, 0.2) is 0 Å². The van der Waals surface area contributed by atoms with Crippen molar-refractivity contribution in [2.75, 3.05) is 0 Å². The third-order valence-corrected chi connectivity index (χ3v) is 2.67. The Kier molecular flexibility index (Phi) is 2.59. The lowest BCUT2D eigenvalue weighted by atomic mass is 10.2. The summed E-state index contributed by atoms with van der Waals surface area (Å²) in [7, 11) is 1.47. The van der Waals surface area contributed by atoms with E-state index in [9.17, 15) is 14.0 Å². The van der Waals surface area contributed by atoms with Crippen molar-refractivity contribution in [3.8, 4) is 0 Å². The van der Waals surface area contributed by atoms with Gasteiger partial charge in [0.25, 0.3) is 5.56 Å². The summed E-state index contributed by atoms with van der Waals surface area (Å²) in [6.45, 7) is 1.54. The molecule has 1 atom stereocenters. The van der Waals surface area contributed by atoms with Crippen LogP contribution in [-0.2, 0) is 7.05 Å². The van der Waals surface area contributed by atoms with E-state index in [0.717, 1.165) is 10.6 Å². The van der Waals surface area contributed by atoms with Gasteiger partial charge in [-0.1, -0.05) is 0 Å². The van der Waals surface area contributed by atoms with Gasteiger partial charge in [-0.15, -0.1) is 0 Å². The molecule has 0 bridgehead atoms. The van der Waals surface area contributed by atoms with Gasteiger partial charge in [-0.25, -0.2) is 13.8 Å². The lowest BCUT2D eigenvalue weighted by Crippen LogP contribution is -2.43. The molecule has 17 heavy (non-hydrogen) atoms. The van der Waals surface area contributed by atoms with Crippen LogP contribution in [0.1, 0.15) is 13.1 Å². The Morgan fingerprint density at radius 3 is 2.59 bits per heavy atom. The van der Waals surface area contributed by atoms with Gasteiger partial charge in [-0.05, 0) is 25.1 Å². The minimum atomic E-state index is -0.726. The third-order valence-electron chi connectivity index (χ3n) is 2.67. The first kappa shape index (κ1) is 11.5. The second-order valence-corrected chi connectivity index (χ2v) is 3.92. The van der Waals surface area contributed by atoms with Crippen molar-refractivity contribution in [1.29, 1.82) is 0 Å². The van der Waals surface area contributed by atoms with Crippen LogP contribution in [-0.4, -0.2) is 9.13 Å². The predicted molar refractivity (Wildman–Crippen MR) is 62.3 cm³/mol. The van der Waals surface area contributed by atoms with Crippen molar-refractivity contribution in [3.63, 3.8) is 0 Å². The second-order valence-electron chi connectivity index (χ2n) is 3.92. The second kappa shape index (κ2) is 3.81. The highest BCUT2D eigenvalue weighted by Gasteiger charge is 2.13. The van der Waals surface area contributed by atoms with Crippen LogP contribution in [0.4, 0.5) is 4.39 Å². The Hall–Kier alpha value is -1.95. The maximum absolute atomic E-state index is 13.1. The smallest absolute Gasteiger partial charge is 0.311 e. The molecular formula is C11H12FN3O2. The van der Waals surface area contributed by atoms with Crippen LogP contribution in [0, 0.1) is 5.82 Å². The molecule has 0 fully saturated rings. The van der Waals surface area contributed by atoms with E-state index < -0.39 is 23.2 Å². The van der Waals surface area contributed by atoms with Gasteiger partial charge in [-0.2, -0.15) is 0 Å². The molecule has 0 aliphatic heterocycles. The minimum Gasteiger partial charge on any atom is -0.311 e. The molecule has 1 aromatic heterocycles. The zero-order valence-corrected chi connectivity index (χ0v) is 9.48. The fraction of sp³-hybridized carbons (Fsp3) is 0.273. The van der Waals surface area contributed by atoms with Crippen LogP contribution in [0.15, 0.2) is 27.8 Å². The largest absolute Gasteiger partial charge is 0.332 e. The Morgan fingerprint density at radius 1 is 1.35 bits per heavy atom. The quantitative estimate of drug-likeness (QED) is 0.776. The first-order valence-corrected chi connectivity index (χ1v) is 5.10. The molecule has 1 unspecified atom stereocenters. The van der Waals surface area contributed by atoms with E-state index in [-0.39, 0.29) is 10.9 Å². The Labute approximate surface area is 95.9 Å². The number of hydrogen-bond acceptors (Lipinski definition) is 3. The molecule has 0 amide bonds. The van der Waals surface area contributed by atoms with Gasteiger partial charge in [0, 0.05) is 7.05 Å². The van der Waals surface area contributed by atoms with Crippen molar-refractivity contribution in [1.82, 2.24) is 9.13 Å². The van der Waals surface area contributed by atoms with Gasteiger partial charge in [0.05, 0.1) is 17.1 Å². The topological polar surface area (TPSA) is 70.0 Å². The molecule has 1 heterocycles. The molecule has 1 aromatic carbocycles. The van der Waals surface area contributed by atoms with Gasteiger partial charge < -0.3 is 5.73 Å². The Bertz CT molecular complexity index is 700. The van der Waals surface area contributed by atoms with Crippen LogP contribution in [0.2, 0.25) is 0 Å². The van der Waals surface area contributed by atoms with E-state index in [1.807, 2.05) is 0 Å². The number of hydrogen-bond donors (Lipinski definition) is 1. The lowest BCUT2D eigenvalue weighted by molar-refractivity contribution is 0.510. The van der Waals surface area contributed by atoms with Crippen molar-refractivity contribution >= 4 is 10.9 Å². The summed E-state index contributed by atoms with van der Waals surface area (Å²) in [6.07, 6.45) is -0.726. The standard InChI is InChI=1S/C11H12FN3O2/c1-6(13)15-10(16)8-4-3-7(12)5-9(8)14(2)11(15)17/h3-6H,13H2,1-2H3. The van der Waals surface area contributed by atoms with Crippen LogP contribution in [0.5, 0.6) is 0 Å². The van der Waals surface area contributed by atoms with Crippen molar-refractivity contribution < 1.29 is 4.39 Å². The highest BCUT2D eigenvalue weighted by atomic mass is 19.1. The summed E-state index contributed by atoms with van der Waals surface area (Å²) in [4.78, 5) is 23.9. The summed E-state index contributed by atoms with van der Waals surface area (Å²) < 4.78 is 15.2. The number of halogens is 1. The molecule has 2 rings (SSSR count). The summed E-state index contributed by atoms with van der Waals surface area (Å²) >= 11 is 0. The third kappa shape index (κ3) is 1.66. The molecule has 2 N–H and O–H groups in total. The number of aromatic nitrogens is 2. The van der Waals surface area contributed by atoms with Crippen LogP contribution in [0.25, 0.3) is 10.9 Å². The lowest BCUT2D eigenvalue weighted by Gasteiger charge is -2.13. The summed E-state index contributed by atoms with van der Waals surface area (Å²) in [6, 6.07) is 3.69. The molecule has 0 radical (unpaired) electrons. The molecular weight excluding hydrogens is 225 g/mol. The number of nitrogens with zero attached hydrogens (tertiary/aromatic N) is 2. The van der Waals surface area contributed by atoms with Crippen molar-refractivity contribution in [2.45, 2.75) is 13.1 Å². The summed E-state index contributed by atoms with van der Waals surface area (Å²) in [5, 5.41) is 0.269. The molecule has 0 aliphatic rings. The molecule has 0 saturated carbocycles. The van der Waals surface area contributed by atoms with Gasteiger partial charge in [-0.3, -0.25) is 9.36 Å². The highest BCUT2D eigenvalue weighted by molar-refractivity contribution is 5.77. The number of aryl methyl sites for hydroxylation is 1. The number of fused-ring (bicyclic) bond motifs is 1. The first-order chi connectivity index (χ1) is 7.93. The summed E-state index contributed by atoms with van der Waals surface area (Å²) in [5.74, 6) is -0.495. The van der Waals surface area contributed by atoms with E-state index in [4.69, 9.17) is 5.73 Å². The number of rotatable bonds is 1. The van der Waals surface area contributed by atoms with E-state index in [0.29, 0.717) is 0 Å². The van der Waals surface area contributed by atoms with E-state index in [1.165, 1.54) is 30.7 Å². The SMILES string of the molecule is CC(N)n1c(=O)c2ccc(F)cc2n(C)c1=O. The molecule has 6 heteroatoms. The monoisotopic (exact) mass is 237 g/mol. The first-order valence-electron chi connectivity index (χ1n) is 5.10. The van der Waals surface area contributed by atoms with E-state index in [1.54, 1.807) is 0 Å². The Morgan fingerprint density at radius 2 is 2.00 bits per heavy atom. The Balaban J connectivity index is 3.06.